The van der Waals surface area contributed by atoms with E-state index in [0.717, 1.165) is 5.92 Å². The molecule has 1 aliphatic heterocycles. The number of piperidine rings is 1. The lowest BCUT2D eigenvalue weighted by atomic mass is 10.0. The van der Waals surface area contributed by atoms with Gasteiger partial charge in [0, 0.05) is 31.4 Å². The van der Waals surface area contributed by atoms with Crippen molar-refractivity contribution in [1.29, 1.82) is 0 Å². The minimum atomic E-state index is 0.638. The molecule has 1 aromatic rings. The van der Waals surface area contributed by atoms with E-state index in [2.05, 4.69) is 57.0 Å². The van der Waals surface area contributed by atoms with Gasteiger partial charge in [-0.2, -0.15) is 0 Å². The third-order valence-electron chi connectivity index (χ3n) is 4.24. The third-order valence-corrected chi connectivity index (χ3v) is 4.24. The molecule has 2 heteroatoms. The normalized spacial score (nSPS) is 17.7. The first kappa shape index (κ1) is 15.4. The number of hydrogen-bond acceptors (Lipinski definition) is 2. The van der Waals surface area contributed by atoms with Crippen LogP contribution in [0.4, 0.5) is 5.69 Å². The fourth-order valence-electron chi connectivity index (χ4n) is 3.39. The monoisotopic (exact) mass is 274 g/mol. The van der Waals surface area contributed by atoms with Crippen molar-refractivity contribution in [1.82, 2.24) is 4.90 Å². The van der Waals surface area contributed by atoms with E-state index >= 15 is 0 Å². The average molecular weight is 274 g/mol. The summed E-state index contributed by atoms with van der Waals surface area (Å²) in [6.07, 6.45) is 2.53. The van der Waals surface area contributed by atoms with Crippen molar-refractivity contribution >= 4 is 5.69 Å². The van der Waals surface area contributed by atoms with E-state index in [-0.39, 0.29) is 0 Å². The number of rotatable bonds is 4. The maximum Gasteiger partial charge on any atom is 0.0401 e. The van der Waals surface area contributed by atoms with Crippen LogP contribution in [0.15, 0.2) is 12.1 Å². The summed E-state index contributed by atoms with van der Waals surface area (Å²) < 4.78 is 0. The molecule has 0 radical (unpaired) electrons. The Kier molecular flexibility index (Phi) is 5.09. The summed E-state index contributed by atoms with van der Waals surface area (Å²) in [5.41, 5.74) is 5.48. The Bertz CT molecular complexity index is 420. The van der Waals surface area contributed by atoms with Crippen LogP contribution in [-0.2, 0) is 0 Å². The molecule has 0 unspecified atom stereocenters. The van der Waals surface area contributed by atoms with Crippen LogP contribution in [0.3, 0.4) is 0 Å². The van der Waals surface area contributed by atoms with Gasteiger partial charge in [-0.15, -0.1) is 0 Å². The highest BCUT2D eigenvalue weighted by molar-refractivity contribution is 5.58. The molecule has 0 amide bonds. The minimum Gasteiger partial charge on any atom is -0.382 e. The van der Waals surface area contributed by atoms with E-state index in [0.29, 0.717) is 6.04 Å². The van der Waals surface area contributed by atoms with Gasteiger partial charge >= 0.3 is 0 Å². The molecular weight excluding hydrogens is 244 g/mol. The number of nitrogens with one attached hydrogen (secondary N) is 1. The molecule has 1 N–H and O–H groups in total. The van der Waals surface area contributed by atoms with Crippen LogP contribution in [0.2, 0.25) is 0 Å². The van der Waals surface area contributed by atoms with Crippen LogP contribution in [0.25, 0.3) is 0 Å². The first-order valence-corrected chi connectivity index (χ1v) is 8.02. The molecule has 2 nitrogen and oxygen atoms in total. The Morgan fingerprint density at radius 2 is 1.65 bits per heavy atom. The molecular formula is C18H30N2. The Morgan fingerprint density at radius 1 is 1.10 bits per heavy atom. The van der Waals surface area contributed by atoms with Crippen molar-refractivity contribution in [3.63, 3.8) is 0 Å². The SMILES string of the molecule is Cc1cc(C)c(NC2CCN(CC(C)C)CC2)c(C)c1. The number of aryl methyl sites for hydroxylation is 3. The van der Waals surface area contributed by atoms with Crippen LogP contribution in [-0.4, -0.2) is 30.6 Å². The van der Waals surface area contributed by atoms with Crippen molar-refractivity contribution in [3.8, 4) is 0 Å². The Balaban J connectivity index is 1.93. The van der Waals surface area contributed by atoms with Gasteiger partial charge in [-0.1, -0.05) is 31.5 Å². The number of benzene rings is 1. The standard InChI is InChI=1S/C18H30N2/c1-13(2)12-20-8-6-17(7-9-20)19-18-15(4)10-14(3)11-16(18)5/h10-11,13,17,19H,6-9,12H2,1-5H3. The van der Waals surface area contributed by atoms with Gasteiger partial charge in [0.25, 0.3) is 0 Å². The molecule has 1 aliphatic rings. The summed E-state index contributed by atoms with van der Waals surface area (Å²) in [4.78, 5) is 2.61. The minimum absolute atomic E-state index is 0.638. The maximum absolute atomic E-state index is 3.79. The number of hydrogen-bond donors (Lipinski definition) is 1. The molecule has 0 aliphatic carbocycles. The summed E-state index contributed by atoms with van der Waals surface area (Å²) in [6, 6.07) is 5.20. The lowest BCUT2D eigenvalue weighted by molar-refractivity contribution is 0.198. The molecule has 0 atom stereocenters. The topological polar surface area (TPSA) is 15.3 Å². The number of nitrogens with zero attached hydrogens (tertiary/aromatic N) is 1. The first-order valence-electron chi connectivity index (χ1n) is 8.02. The molecule has 0 bridgehead atoms. The molecule has 2 rings (SSSR count). The van der Waals surface area contributed by atoms with Crippen LogP contribution in [0, 0.1) is 26.7 Å². The molecule has 1 fully saturated rings. The fourth-order valence-corrected chi connectivity index (χ4v) is 3.39. The van der Waals surface area contributed by atoms with Crippen molar-refractivity contribution in [2.24, 2.45) is 5.92 Å². The highest BCUT2D eigenvalue weighted by atomic mass is 15.1. The fraction of sp³-hybridized carbons (Fsp3) is 0.667. The molecule has 1 aromatic carbocycles. The Morgan fingerprint density at radius 3 is 2.15 bits per heavy atom. The molecule has 20 heavy (non-hydrogen) atoms. The molecule has 1 heterocycles. The van der Waals surface area contributed by atoms with Crippen LogP contribution in [0.5, 0.6) is 0 Å². The van der Waals surface area contributed by atoms with Crippen LogP contribution < -0.4 is 5.32 Å². The molecule has 112 valence electrons. The smallest absolute Gasteiger partial charge is 0.0401 e. The predicted molar refractivity (Wildman–Crippen MR) is 88.6 cm³/mol. The summed E-state index contributed by atoms with van der Waals surface area (Å²) in [6.45, 7) is 14.9. The van der Waals surface area contributed by atoms with E-state index in [1.807, 2.05) is 0 Å². The second-order valence-corrected chi connectivity index (χ2v) is 6.89. The van der Waals surface area contributed by atoms with Gasteiger partial charge in [0.15, 0.2) is 0 Å². The van der Waals surface area contributed by atoms with E-state index in [4.69, 9.17) is 0 Å². The summed E-state index contributed by atoms with van der Waals surface area (Å²) >= 11 is 0. The zero-order valence-corrected chi connectivity index (χ0v) is 13.8. The second-order valence-electron chi connectivity index (χ2n) is 6.89. The molecule has 0 saturated carbocycles. The van der Waals surface area contributed by atoms with Gasteiger partial charge in [-0.3, -0.25) is 0 Å². The van der Waals surface area contributed by atoms with Gasteiger partial charge in [0.1, 0.15) is 0 Å². The van der Waals surface area contributed by atoms with E-state index in [1.165, 1.54) is 54.9 Å². The number of likely N-dealkylation sites (tertiary alicyclic amines) is 1. The average Bonchev–Trinajstić information content (AvgIpc) is 2.35. The van der Waals surface area contributed by atoms with Crippen molar-refractivity contribution in [2.45, 2.75) is 53.5 Å². The summed E-state index contributed by atoms with van der Waals surface area (Å²) in [7, 11) is 0. The molecule has 1 saturated heterocycles. The zero-order valence-electron chi connectivity index (χ0n) is 13.8. The first-order chi connectivity index (χ1) is 9.45. The van der Waals surface area contributed by atoms with Gasteiger partial charge in [0.2, 0.25) is 0 Å². The van der Waals surface area contributed by atoms with Gasteiger partial charge in [-0.25, -0.2) is 0 Å². The third kappa shape index (κ3) is 3.99. The van der Waals surface area contributed by atoms with Crippen molar-refractivity contribution in [3.05, 3.63) is 28.8 Å². The van der Waals surface area contributed by atoms with Crippen molar-refractivity contribution in [2.75, 3.05) is 25.0 Å². The van der Waals surface area contributed by atoms with Gasteiger partial charge < -0.3 is 10.2 Å². The summed E-state index contributed by atoms with van der Waals surface area (Å²) in [5.74, 6) is 0.779. The highest BCUT2D eigenvalue weighted by Gasteiger charge is 2.20. The predicted octanol–water partition coefficient (Wildman–Crippen LogP) is 4.14. The molecule has 0 aromatic heterocycles. The largest absolute Gasteiger partial charge is 0.382 e. The molecule has 0 spiro atoms. The zero-order chi connectivity index (χ0) is 14.7. The van der Waals surface area contributed by atoms with Crippen LogP contribution in [0.1, 0.15) is 43.4 Å². The van der Waals surface area contributed by atoms with E-state index < -0.39 is 0 Å². The quantitative estimate of drug-likeness (QED) is 0.887. The maximum atomic E-state index is 3.79. The van der Waals surface area contributed by atoms with Crippen molar-refractivity contribution < 1.29 is 0 Å². The second kappa shape index (κ2) is 6.62. The van der Waals surface area contributed by atoms with Gasteiger partial charge in [-0.05, 0) is 50.7 Å². The lowest BCUT2D eigenvalue weighted by Crippen LogP contribution is -2.40. The van der Waals surface area contributed by atoms with E-state index in [1.54, 1.807) is 0 Å². The Labute approximate surface area is 124 Å². The highest BCUT2D eigenvalue weighted by Crippen LogP contribution is 2.25. The summed E-state index contributed by atoms with van der Waals surface area (Å²) in [5, 5.41) is 3.79. The van der Waals surface area contributed by atoms with Crippen LogP contribution >= 0.6 is 0 Å². The number of anilines is 1. The van der Waals surface area contributed by atoms with Gasteiger partial charge in [0.05, 0.1) is 0 Å². The van der Waals surface area contributed by atoms with E-state index in [9.17, 15) is 0 Å². The lowest BCUT2D eigenvalue weighted by Gasteiger charge is -2.34. The Hall–Kier alpha value is -1.02.